The molecule has 1 saturated heterocycles. The van der Waals surface area contributed by atoms with Gasteiger partial charge in [-0.1, -0.05) is 32.5 Å². The molecule has 2 rings (SSSR count). The van der Waals surface area contributed by atoms with Gasteiger partial charge >= 0.3 is 0 Å². The monoisotopic (exact) mass is 273 g/mol. The summed E-state index contributed by atoms with van der Waals surface area (Å²) in [6.45, 7) is 8.15. The average Bonchev–Trinajstić information content (AvgIpc) is 2.65. The molecule has 0 saturated carbocycles. The van der Waals surface area contributed by atoms with Gasteiger partial charge in [0.05, 0.1) is 19.8 Å². The number of thiazole rings is 1. The van der Waals surface area contributed by atoms with Crippen molar-refractivity contribution in [3.63, 3.8) is 0 Å². The van der Waals surface area contributed by atoms with E-state index in [4.69, 9.17) is 4.74 Å². The maximum atomic E-state index is 9.34. The van der Waals surface area contributed by atoms with Crippen LogP contribution in [0.25, 0.3) is 0 Å². The first-order valence-corrected chi connectivity index (χ1v) is 7.53. The minimum Gasteiger partial charge on any atom is -0.396 e. The molecule has 1 N–H and O–H groups in total. The minimum atomic E-state index is -0.0295. The number of aliphatic hydroxyl groups excluding tert-OH is 1. The average molecular weight is 273 g/mol. The van der Waals surface area contributed by atoms with Gasteiger partial charge < -0.3 is 9.84 Å². The molecule has 1 aromatic heterocycles. The van der Waals surface area contributed by atoms with Gasteiger partial charge in [-0.15, -0.1) is 11.3 Å². The number of hydrogen-bond donors (Lipinski definition) is 1. The number of aliphatic hydroxyl groups is 1. The number of rotatable bonds is 4. The largest absolute Gasteiger partial charge is 0.396 e. The van der Waals surface area contributed by atoms with E-state index in [1.807, 2.05) is 6.20 Å². The van der Waals surface area contributed by atoms with Crippen molar-refractivity contribution in [3.05, 3.63) is 11.1 Å². The van der Waals surface area contributed by atoms with E-state index in [1.165, 1.54) is 4.88 Å². The number of nitrogens with zero attached hydrogens (tertiary/aromatic N) is 1. The van der Waals surface area contributed by atoms with Gasteiger partial charge in [-0.05, 0) is 5.41 Å². The lowest BCUT2D eigenvalue weighted by molar-refractivity contribution is -0.121. The molecule has 96 valence electrons. The second-order valence-electron chi connectivity index (χ2n) is 5.68. The number of thioether (sulfide) groups is 1. The third kappa shape index (κ3) is 3.02. The van der Waals surface area contributed by atoms with Crippen LogP contribution in [0, 0.1) is 5.41 Å². The van der Waals surface area contributed by atoms with Crippen LogP contribution in [0.1, 0.15) is 25.6 Å². The third-order valence-corrected chi connectivity index (χ3v) is 5.81. The Morgan fingerprint density at radius 3 is 2.65 bits per heavy atom. The van der Waals surface area contributed by atoms with Crippen molar-refractivity contribution >= 4 is 23.1 Å². The summed E-state index contributed by atoms with van der Waals surface area (Å²) in [4.78, 5) is 5.75. The van der Waals surface area contributed by atoms with Gasteiger partial charge in [-0.25, -0.2) is 4.98 Å². The number of aromatic nitrogens is 1. The molecular weight excluding hydrogens is 254 g/mol. The second-order valence-corrected chi connectivity index (χ2v) is 7.93. The van der Waals surface area contributed by atoms with Crippen LogP contribution in [-0.4, -0.2) is 35.7 Å². The van der Waals surface area contributed by atoms with Gasteiger partial charge in [0.25, 0.3) is 0 Å². The van der Waals surface area contributed by atoms with Gasteiger partial charge in [0, 0.05) is 22.2 Å². The van der Waals surface area contributed by atoms with E-state index in [2.05, 4.69) is 25.8 Å². The highest BCUT2D eigenvalue weighted by Gasteiger charge is 2.38. The molecule has 1 aromatic rings. The van der Waals surface area contributed by atoms with E-state index in [1.54, 1.807) is 23.1 Å². The fraction of sp³-hybridized carbons (Fsp3) is 0.750. The van der Waals surface area contributed by atoms with Crippen LogP contribution in [-0.2, 0) is 10.2 Å². The van der Waals surface area contributed by atoms with Crippen LogP contribution in [0.2, 0.25) is 0 Å². The summed E-state index contributed by atoms with van der Waals surface area (Å²) >= 11 is 3.49. The van der Waals surface area contributed by atoms with Crippen molar-refractivity contribution in [2.75, 3.05) is 25.6 Å². The predicted molar refractivity (Wildman–Crippen MR) is 71.9 cm³/mol. The van der Waals surface area contributed by atoms with Crippen LogP contribution in [0.3, 0.4) is 0 Å². The molecule has 0 aliphatic carbocycles. The van der Waals surface area contributed by atoms with E-state index < -0.39 is 0 Å². The second kappa shape index (κ2) is 4.88. The topological polar surface area (TPSA) is 42.4 Å². The van der Waals surface area contributed by atoms with Crippen molar-refractivity contribution in [1.29, 1.82) is 0 Å². The molecule has 0 bridgehead atoms. The lowest BCUT2D eigenvalue weighted by atomic mass is 9.90. The standard InChI is InChI=1S/C12H19NO2S2/c1-11(2,3)9-4-13-10(17-9)16-8-12(5-14)6-15-7-12/h4,14H,5-8H2,1-3H3. The molecule has 1 fully saturated rings. The highest BCUT2D eigenvalue weighted by Crippen LogP contribution is 2.37. The molecule has 17 heavy (non-hydrogen) atoms. The van der Waals surface area contributed by atoms with E-state index in [0.29, 0.717) is 13.2 Å². The van der Waals surface area contributed by atoms with E-state index in [-0.39, 0.29) is 17.4 Å². The van der Waals surface area contributed by atoms with Gasteiger partial charge in [0.2, 0.25) is 0 Å². The first kappa shape index (κ1) is 13.3. The Bertz CT molecular complexity index is 375. The summed E-state index contributed by atoms with van der Waals surface area (Å²) in [5.41, 5.74) is 0.142. The molecule has 1 aliphatic heterocycles. The van der Waals surface area contributed by atoms with E-state index in [9.17, 15) is 5.11 Å². The molecule has 1 aliphatic rings. The normalized spacial score (nSPS) is 19.1. The van der Waals surface area contributed by atoms with Crippen molar-refractivity contribution in [3.8, 4) is 0 Å². The maximum Gasteiger partial charge on any atom is 0.150 e. The Labute approximate surface area is 111 Å². The van der Waals surface area contributed by atoms with Crippen LogP contribution in [0.5, 0.6) is 0 Å². The fourth-order valence-electron chi connectivity index (χ4n) is 1.50. The Balaban J connectivity index is 1.93. The van der Waals surface area contributed by atoms with Crippen molar-refractivity contribution < 1.29 is 9.84 Å². The molecule has 3 nitrogen and oxygen atoms in total. The Morgan fingerprint density at radius 1 is 1.53 bits per heavy atom. The first-order chi connectivity index (χ1) is 7.95. The van der Waals surface area contributed by atoms with Crippen LogP contribution >= 0.6 is 23.1 Å². The molecule has 0 radical (unpaired) electrons. The maximum absolute atomic E-state index is 9.34. The zero-order valence-corrected chi connectivity index (χ0v) is 12.2. The summed E-state index contributed by atoms with van der Waals surface area (Å²) in [5, 5.41) is 9.34. The molecule has 2 heterocycles. The van der Waals surface area contributed by atoms with E-state index >= 15 is 0 Å². The molecule has 0 spiro atoms. The summed E-state index contributed by atoms with van der Waals surface area (Å²) in [5.74, 6) is 0.889. The van der Waals surface area contributed by atoms with Crippen molar-refractivity contribution in [1.82, 2.24) is 4.98 Å². The zero-order chi connectivity index (χ0) is 12.5. The summed E-state index contributed by atoms with van der Waals surface area (Å²) in [6.07, 6.45) is 1.97. The van der Waals surface area contributed by atoms with Gasteiger partial charge in [0.1, 0.15) is 4.34 Å². The number of hydrogen-bond acceptors (Lipinski definition) is 5. The SMILES string of the molecule is CC(C)(C)c1cnc(SCC2(CO)COC2)s1. The lowest BCUT2D eigenvalue weighted by Gasteiger charge is -2.39. The third-order valence-electron chi connectivity index (χ3n) is 2.88. The molecular formula is C12H19NO2S2. The molecule has 5 heteroatoms. The van der Waals surface area contributed by atoms with Crippen molar-refractivity contribution in [2.24, 2.45) is 5.41 Å². The minimum absolute atomic E-state index is 0.0295. The summed E-state index contributed by atoms with van der Waals surface area (Å²) in [6, 6.07) is 0. The predicted octanol–water partition coefficient (Wildman–Crippen LogP) is 2.54. The Kier molecular flexibility index (Phi) is 3.83. The lowest BCUT2D eigenvalue weighted by Crippen LogP contribution is -2.47. The van der Waals surface area contributed by atoms with Crippen molar-refractivity contribution in [2.45, 2.75) is 30.5 Å². The smallest absolute Gasteiger partial charge is 0.150 e. The summed E-state index contributed by atoms with van der Waals surface area (Å²) < 4.78 is 6.28. The van der Waals surface area contributed by atoms with Crippen LogP contribution < -0.4 is 0 Å². The van der Waals surface area contributed by atoms with Crippen LogP contribution in [0.15, 0.2) is 10.5 Å². The zero-order valence-electron chi connectivity index (χ0n) is 10.5. The number of ether oxygens (including phenoxy) is 1. The first-order valence-electron chi connectivity index (χ1n) is 5.73. The fourth-order valence-corrected chi connectivity index (χ4v) is 3.70. The molecule has 0 amide bonds. The summed E-state index contributed by atoms with van der Waals surface area (Å²) in [7, 11) is 0. The van der Waals surface area contributed by atoms with Gasteiger partial charge in [-0.3, -0.25) is 0 Å². The van der Waals surface area contributed by atoms with Gasteiger partial charge in [0.15, 0.2) is 0 Å². The molecule has 0 aromatic carbocycles. The van der Waals surface area contributed by atoms with E-state index in [0.717, 1.165) is 10.1 Å². The Hall–Kier alpha value is -0.100. The highest BCUT2D eigenvalue weighted by atomic mass is 32.2. The van der Waals surface area contributed by atoms with Crippen LogP contribution in [0.4, 0.5) is 0 Å². The Morgan fingerprint density at radius 2 is 2.24 bits per heavy atom. The molecule has 0 atom stereocenters. The van der Waals surface area contributed by atoms with Gasteiger partial charge in [-0.2, -0.15) is 0 Å². The quantitative estimate of drug-likeness (QED) is 0.856. The highest BCUT2D eigenvalue weighted by molar-refractivity contribution is 8.01. The molecule has 0 unspecified atom stereocenters.